The van der Waals surface area contributed by atoms with Gasteiger partial charge in [0, 0.05) is 6.07 Å². The van der Waals surface area contributed by atoms with Gasteiger partial charge in [0.25, 0.3) is 5.69 Å². The van der Waals surface area contributed by atoms with Gasteiger partial charge in [-0.1, -0.05) is 6.07 Å². The molecule has 10 heteroatoms. The molecule has 5 N–H and O–H groups in total. The standard InChI is InChI=1S/C6H5NO6S.H4N2/c8-7(9)5-2-1-3-6(4-5)13-14(10,11)12;1-2/h1-4H,(H,10,11,12);1-2H2. The summed E-state index contributed by atoms with van der Waals surface area (Å²) < 4.78 is 32.8. The molecule has 16 heavy (non-hydrogen) atoms. The van der Waals surface area contributed by atoms with Gasteiger partial charge in [0.2, 0.25) is 0 Å². The van der Waals surface area contributed by atoms with Crippen LogP contribution in [-0.2, 0) is 10.4 Å². The van der Waals surface area contributed by atoms with Gasteiger partial charge in [-0.05, 0) is 6.07 Å². The summed E-state index contributed by atoms with van der Waals surface area (Å²) in [5.74, 6) is 7.68. The van der Waals surface area contributed by atoms with Gasteiger partial charge < -0.3 is 4.18 Å². The van der Waals surface area contributed by atoms with Gasteiger partial charge in [0.1, 0.15) is 0 Å². The summed E-state index contributed by atoms with van der Waals surface area (Å²) >= 11 is 0. The van der Waals surface area contributed by atoms with Gasteiger partial charge >= 0.3 is 10.4 Å². The van der Waals surface area contributed by atoms with E-state index >= 15 is 0 Å². The van der Waals surface area contributed by atoms with Crippen molar-refractivity contribution in [3.63, 3.8) is 0 Å². The highest BCUT2D eigenvalue weighted by Crippen LogP contribution is 2.19. The van der Waals surface area contributed by atoms with E-state index in [1.165, 1.54) is 12.1 Å². The highest BCUT2D eigenvalue weighted by Gasteiger charge is 2.11. The molecule has 1 rings (SSSR count). The second kappa shape index (κ2) is 5.97. The Labute approximate surface area is 90.7 Å². The molecule has 9 nitrogen and oxygen atoms in total. The second-order valence-corrected chi connectivity index (χ2v) is 3.29. The predicted molar refractivity (Wildman–Crippen MR) is 53.6 cm³/mol. The van der Waals surface area contributed by atoms with Crippen LogP contribution in [0, 0.1) is 10.1 Å². The van der Waals surface area contributed by atoms with Crippen LogP contribution >= 0.6 is 0 Å². The Balaban J connectivity index is 0.00000106. The van der Waals surface area contributed by atoms with E-state index in [-0.39, 0.29) is 11.4 Å². The first-order chi connectivity index (χ1) is 7.38. The second-order valence-electron chi connectivity index (χ2n) is 2.27. The summed E-state index contributed by atoms with van der Waals surface area (Å²) in [5.41, 5.74) is -0.328. The van der Waals surface area contributed by atoms with Crippen molar-refractivity contribution in [2.24, 2.45) is 11.7 Å². The maximum absolute atomic E-state index is 10.3. The zero-order chi connectivity index (χ0) is 12.8. The first-order valence-electron chi connectivity index (χ1n) is 3.63. The Kier molecular flexibility index (Phi) is 5.32. The molecule has 0 saturated heterocycles. The molecule has 90 valence electrons. The van der Waals surface area contributed by atoms with Gasteiger partial charge in [0.05, 0.1) is 11.0 Å². The Bertz CT molecular complexity index is 459. The van der Waals surface area contributed by atoms with Crippen LogP contribution in [0.4, 0.5) is 5.69 Å². The maximum Gasteiger partial charge on any atom is 0.446 e. The smallest absolute Gasteiger partial charge is 0.362 e. The van der Waals surface area contributed by atoms with E-state index in [4.69, 9.17) is 4.55 Å². The molecule has 1 aromatic rings. The number of nitrogens with zero attached hydrogens (tertiary/aromatic N) is 1. The average molecular weight is 251 g/mol. The lowest BCUT2D eigenvalue weighted by molar-refractivity contribution is -0.384. The van der Waals surface area contributed by atoms with Crippen LogP contribution in [0.25, 0.3) is 0 Å². The van der Waals surface area contributed by atoms with Gasteiger partial charge in [-0.25, -0.2) is 0 Å². The Hall–Kier alpha value is -1.75. The molecule has 0 fully saturated rings. The number of rotatable bonds is 3. The molecule has 0 amide bonds. The number of benzene rings is 1. The minimum atomic E-state index is -4.64. The van der Waals surface area contributed by atoms with E-state index in [1.807, 2.05) is 0 Å². The summed E-state index contributed by atoms with van der Waals surface area (Å²) in [6.07, 6.45) is 0. The fraction of sp³-hybridized carbons (Fsp3) is 0. The van der Waals surface area contributed by atoms with Crippen LogP contribution in [0.15, 0.2) is 24.3 Å². The third-order valence-corrected chi connectivity index (χ3v) is 1.63. The van der Waals surface area contributed by atoms with Crippen molar-refractivity contribution in [1.82, 2.24) is 0 Å². The van der Waals surface area contributed by atoms with Crippen molar-refractivity contribution < 1.29 is 22.1 Å². The molecule has 0 heterocycles. The molecule has 0 bridgehead atoms. The minimum absolute atomic E-state index is 0.318. The molecule has 0 aliphatic carbocycles. The van der Waals surface area contributed by atoms with Crippen molar-refractivity contribution >= 4 is 16.1 Å². The van der Waals surface area contributed by atoms with Crippen molar-refractivity contribution in [3.8, 4) is 5.75 Å². The SMILES string of the molecule is NN.O=[N+]([O-])c1cccc(OS(=O)(=O)O)c1. The van der Waals surface area contributed by atoms with Crippen molar-refractivity contribution in [2.75, 3.05) is 0 Å². The first-order valence-corrected chi connectivity index (χ1v) is 5.00. The lowest BCUT2D eigenvalue weighted by Gasteiger charge is -1.99. The molecule has 0 aliphatic rings. The zero-order valence-electron chi connectivity index (χ0n) is 7.81. The molecule has 0 radical (unpaired) electrons. The van der Waals surface area contributed by atoms with Gasteiger partial charge in [-0.2, -0.15) is 8.42 Å². The molecule has 0 atom stereocenters. The molecule has 0 aliphatic heterocycles. The van der Waals surface area contributed by atoms with E-state index in [1.54, 1.807) is 0 Å². The predicted octanol–water partition coefficient (Wildman–Crippen LogP) is -0.405. The minimum Gasteiger partial charge on any atom is -0.362 e. The normalized spacial score (nSPS) is 9.94. The van der Waals surface area contributed by atoms with Crippen LogP contribution in [0.5, 0.6) is 5.75 Å². The molecule has 0 spiro atoms. The largest absolute Gasteiger partial charge is 0.446 e. The van der Waals surface area contributed by atoms with Crippen LogP contribution in [-0.4, -0.2) is 17.9 Å². The molecule has 0 aromatic heterocycles. The highest BCUT2D eigenvalue weighted by atomic mass is 32.3. The third-order valence-electron chi connectivity index (χ3n) is 1.23. The molecular formula is C6H9N3O6S. The van der Waals surface area contributed by atoms with Crippen LogP contribution in [0.2, 0.25) is 0 Å². The van der Waals surface area contributed by atoms with E-state index in [2.05, 4.69) is 15.9 Å². The third kappa shape index (κ3) is 5.21. The highest BCUT2D eigenvalue weighted by molar-refractivity contribution is 7.81. The fourth-order valence-electron chi connectivity index (χ4n) is 0.771. The summed E-state index contributed by atoms with van der Waals surface area (Å²) in [4.78, 5) is 9.55. The van der Waals surface area contributed by atoms with E-state index in [0.717, 1.165) is 12.1 Å². The molecule has 1 aromatic carbocycles. The van der Waals surface area contributed by atoms with Gasteiger partial charge in [-0.15, -0.1) is 0 Å². The topological polar surface area (TPSA) is 159 Å². The van der Waals surface area contributed by atoms with Crippen molar-refractivity contribution in [2.45, 2.75) is 0 Å². The first kappa shape index (κ1) is 14.2. The zero-order valence-corrected chi connectivity index (χ0v) is 8.62. The Morgan fingerprint density at radius 1 is 1.38 bits per heavy atom. The fourth-order valence-corrected chi connectivity index (χ4v) is 1.12. The maximum atomic E-state index is 10.3. The number of hydrogen-bond acceptors (Lipinski definition) is 7. The molecule has 0 saturated carbocycles. The number of hydrazine groups is 1. The monoisotopic (exact) mass is 251 g/mol. The van der Waals surface area contributed by atoms with Crippen LogP contribution < -0.4 is 15.9 Å². The van der Waals surface area contributed by atoms with Crippen LogP contribution in [0.1, 0.15) is 0 Å². The van der Waals surface area contributed by atoms with E-state index in [0.29, 0.717) is 0 Å². The molecular weight excluding hydrogens is 242 g/mol. The van der Waals surface area contributed by atoms with E-state index in [9.17, 15) is 18.5 Å². The molecule has 0 unspecified atom stereocenters. The van der Waals surface area contributed by atoms with Crippen molar-refractivity contribution in [1.29, 1.82) is 0 Å². The Morgan fingerprint density at radius 3 is 2.38 bits per heavy atom. The quantitative estimate of drug-likeness (QED) is 0.283. The number of hydrogen-bond donors (Lipinski definition) is 3. The number of nitro groups is 1. The summed E-state index contributed by atoms with van der Waals surface area (Å²) in [5, 5.41) is 10.3. The Morgan fingerprint density at radius 2 is 1.94 bits per heavy atom. The van der Waals surface area contributed by atoms with E-state index < -0.39 is 15.3 Å². The summed E-state index contributed by atoms with van der Waals surface area (Å²) in [7, 11) is -4.64. The van der Waals surface area contributed by atoms with Crippen molar-refractivity contribution in [3.05, 3.63) is 34.4 Å². The number of nitro benzene ring substituents is 1. The number of non-ortho nitro benzene ring substituents is 1. The van der Waals surface area contributed by atoms with Gasteiger partial charge in [0.15, 0.2) is 5.75 Å². The lowest BCUT2D eigenvalue weighted by atomic mass is 10.3. The lowest BCUT2D eigenvalue weighted by Crippen LogP contribution is -2.06. The van der Waals surface area contributed by atoms with Gasteiger partial charge in [-0.3, -0.25) is 26.4 Å². The summed E-state index contributed by atoms with van der Waals surface area (Å²) in [6, 6.07) is 4.45. The number of nitrogens with two attached hydrogens (primary N) is 2. The summed E-state index contributed by atoms with van der Waals surface area (Å²) in [6.45, 7) is 0. The van der Waals surface area contributed by atoms with Crippen LogP contribution in [0.3, 0.4) is 0 Å². The average Bonchev–Trinajstić information content (AvgIpc) is 2.18.